The van der Waals surface area contributed by atoms with E-state index in [1.54, 1.807) is 6.07 Å². The maximum absolute atomic E-state index is 13.8. The van der Waals surface area contributed by atoms with E-state index in [4.69, 9.17) is 0 Å². The van der Waals surface area contributed by atoms with Gasteiger partial charge in [-0.2, -0.15) is 0 Å². The third-order valence-electron chi connectivity index (χ3n) is 3.62. The predicted molar refractivity (Wildman–Crippen MR) is 82.3 cm³/mol. The van der Waals surface area contributed by atoms with Crippen molar-refractivity contribution in [3.05, 3.63) is 70.5 Å². The fourth-order valence-corrected chi connectivity index (χ4v) is 2.65. The first-order valence-electron chi connectivity index (χ1n) is 7.06. The molecule has 0 radical (unpaired) electrons. The lowest BCUT2D eigenvalue weighted by atomic mass is 10.0. The van der Waals surface area contributed by atoms with Crippen molar-refractivity contribution in [2.45, 2.75) is 39.8 Å². The third kappa shape index (κ3) is 3.45. The minimum absolute atomic E-state index is 0.0213. The maximum Gasteiger partial charge on any atom is 0.127 e. The van der Waals surface area contributed by atoms with Crippen LogP contribution in [-0.4, -0.2) is 0 Å². The van der Waals surface area contributed by atoms with Gasteiger partial charge in [-0.1, -0.05) is 47.5 Å². The van der Waals surface area contributed by atoms with Crippen LogP contribution < -0.4 is 5.32 Å². The van der Waals surface area contributed by atoms with E-state index in [2.05, 4.69) is 44.3 Å². The summed E-state index contributed by atoms with van der Waals surface area (Å²) in [5, 5.41) is 3.47. The summed E-state index contributed by atoms with van der Waals surface area (Å²) in [5.74, 6) is -0.153. The SMILES string of the molecule is Cc1cc(C)cc(C(C)NC(C)c2ccccc2F)c1. The van der Waals surface area contributed by atoms with Crippen LogP contribution in [0.3, 0.4) is 0 Å². The van der Waals surface area contributed by atoms with Crippen molar-refractivity contribution in [2.75, 3.05) is 0 Å². The Kier molecular flexibility index (Phi) is 4.56. The molecule has 2 atom stereocenters. The Balaban J connectivity index is 2.15. The zero-order chi connectivity index (χ0) is 14.7. The Hall–Kier alpha value is -1.67. The highest BCUT2D eigenvalue weighted by atomic mass is 19.1. The van der Waals surface area contributed by atoms with Gasteiger partial charge in [-0.3, -0.25) is 0 Å². The van der Waals surface area contributed by atoms with E-state index in [0.717, 1.165) is 0 Å². The van der Waals surface area contributed by atoms with Gasteiger partial charge in [0, 0.05) is 17.6 Å². The highest BCUT2D eigenvalue weighted by Gasteiger charge is 2.14. The minimum Gasteiger partial charge on any atom is -0.304 e. The molecule has 0 bridgehead atoms. The lowest BCUT2D eigenvalue weighted by Crippen LogP contribution is -2.23. The van der Waals surface area contributed by atoms with Gasteiger partial charge in [-0.25, -0.2) is 4.39 Å². The molecule has 0 saturated heterocycles. The van der Waals surface area contributed by atoms with Gasteiger partial charge in [-0.15, -0.1) is 0 Å². The minimum atomic E-state index is -0.153. The van der Waals surface area contributed by atoms with Crippen molar-refractivity contribution in [3.8, 4) is 0 Å². The van der Waals surface area contributed by atoms with E-state index in [0.29, 0.717) is 5.56 Å². The molecular weight excluding hydrogens is 249 g/mol. The van der Waals surface area contributed by atoms with E-state index >= 15 is 0 Å². The smallest absolute Gasteiger partial charge is 0.127 e. The fourth-order valence-electron chi connectivity index (χ4n) is 2.65. The summed E-state index contributed by atoms with van der Waals surface area (Å²) in [6.07, 6.45) is 0. The number of nitrogens with one attached hydrogen (secondary N) is 1. The molecule has 2 unspecified atom stereocenters. The van der Waals surface area contributed by atoms with Gasteiger partial charge in [0.05, 0.1) is 0 Å². The van der Waals surface area contributed by atoms with Crippen LogP contribution in [0.4, 0.5) is 4.39 Å². The summed E-state index contributed by atoms with van der Waals surface area (Å²) >= 11 is 0. The molecule has 2 heteroatoms. The van der Waals surface area contributed by atoms with Crippen LogP contribution >= 0.6 is 0 Å². The zero-order valence-corrected chi connectivity index (χ0v) is 12.6. The molecule has 0 aliphatic heterocycles. The normalized spacial score (nSPS) is 14.1. The van der Waals surface area contributed by atoms with Crippen molar-refractivity contribution >= 4 is 0 Å². The molecule has 0 aliphatic carbocycles. The Labute approximate surface area is 120 Å². The lowest BCUT2D eigenvalue weighted by molar-refractivity contribution is 0.473. The van der Waals surface area contributed by atoms with E-state index in [9.17, 15) is 4.39 Å². The number of rotatable bonds is 4. The molecular formula is C18H22FN. The Bertz CT molecular complexity index is 571. The number of halogens is 1. The summed E-state index contributed by atoms with van der Waals surface area (Å²) in [7, 11) is 0. The Morgan fingerprint density at radius 1 is 0.900 bits per heavy atom. The number of hydrogen-bond donors (Lipinski definition) is 1. The Morgan fingerprint density at radius 3 is 2.10 bits per heavy atom. The molecule has 0 spiro atoms. The van der Waals surface area contributed by atoms with Crippen molar-refractivity contribution in [1.29, 1.82) is 0 Å². The topological polar surface area (TPSA) is 12.0 Å². The largest absolute Gasteiger partial charge is 0.304 e. The molecule has 0 saturated carbocycles. The van der Waals surface area contributed by atoms with Gasteiger partial charge in [0.1, 0.15) is 5.82 Å². The molecule has 2 rings (SSSR count). The summed E-state index contributed by atoms with van der Waals surface area (Å²) in [5.41, 5.74) is 4.47. The van der Waals surface area contributed by atoms with Crippen LogP contribution in [0, 0.1) is 19.7 Å². The number of hydrogen-bond acceptors (Lipinski definition) is 1. The highest BCUT2D eigenvalue weighted by molar-refractivity contribution is 5.31. The van der Waals surface area contributed by atoms with Gasteiger partial charge in [0.15, 0.2) is 0 Å². The third-order valence-corrected chi connectivity index (χ3v) is 3.62. The molecule has 0 aliphatic rings. The van der Waals surface area contributed by atoms with Gasteiger partial charge in [0.2, 0.25) is 0 Å². The molecule has 0 fully saturated rings. The van der Waals surface area contributed by atoms with E-state index in [1.165, 1.54) is 22.8 Å². The summed E-state index contributed by atoms with van der Waals surface area (Å²) in [4.78, 5) is 0. The fraction of sp³-hybridized carbons (Fsp3) is 0.333. The lowest BCUT2D eigenvalue weighted by Gasteiger charge is -2.22. The molecule has 106 valence electrons. The molecule has 2 aromatic carbocycles. The maximum atomic E-state index is 13.8. The van der Waals surface area contributed by atoms with Crippen molar-refractivity contribution in [2.24, 2.45) is 0 Å². The van der Waals surface area contributed by atoms with Gasteiger partial charge < -0.3 is 5.32 Å². The average molecular weight is 271 g/mol. The summed E-state index contributed by atoms with van der Waals surface area (Å²) < 4.78 is 13.8. The molecule has 0 aromatic heterocycles. The Morgan fingerprint density at radius 2 is 1.50 bits per heavy atom. The summed E-state index contributed by atoms with van der Waals surface area (Å²) in [6, 6.07) is 13.6. The molecule has 1 N–H and O–H groups in total. The van der Waals surface area contributed by atoms with Crippen LogP contribution in [0.5, 0.6) is 0 Å². The van der Waals surface area contributed by atoms with Crippen LogP contribution in [0.1, 0.15) is 48.2 Å². The van der Waals surface area contributed by atoms with Crippen molar-refractivity contribution < 1.29 is 4.39 Å². The monoisotopic (exact) mass is 271 g/mol. The van der Waals surface area contributed by atoms with Crippen LogP contribution in [0.25, 0.3) is 0 Å². The van der Waals surface area contributed by atoms with Gasteiger partial charge in [-0.05, 0) is 39.3 Å². The molecule has 20 heavy (non-hydrogen) atoms. The molecule has 2 aromatic rings. The number of benzene rings is 2. The second-order valence-corrected chi connectivity index (χ2v) is 5.55. The molecule has 0 heterocycles. The molecule has 1 nitrogen and oxygen atoms in total. The van der Waals surface area contributed by atoms with Crippen LogP contribution in [-0.2, 0) is 0 Å². The van der Waals surface area contributed by atoms with Gasteiger partial charge in [0.25, 0.3) is 0 Å². The highest BCUT2D eigenvalue weighted by Crippen LogP contribution is 2.22. The van der Waals surface area contributed by atoms with Crippen molar-refractivity contribution in [1.82, 2.24) is 5.32 Å². The first kappa shape index (κ1) is 14.7. The predicted octanol–water partition coefficient (Wildman–Crippen LogP) is 4.85. The van der Waals surface area contributed by atoms with E-state index in [-0.39, 0.29) is 17.9 Å². The van der Waals surface area contributed by atoms with E-state index in [1.807, 2.05) is 19.1 Å². The average Bonchev–Trinajstić information content (AvgIpc) is 2.37. The first-order chi connectivity index (χ1) is 9.47. The second-order valence-electron chi connectivity index (χ2n) is 5.55. The summed E-state index contributed by atoms with van der Waals surface area (Å²) in [6.45, 7) is 8.32. The quantitative estimate of drug-likeness (QED) is 0.837. The zero-order valence-electron chi connectivity index (χ0n) is 12.6. The van der Waals surface area contributed by atoms with Crippen molar-refractivity contribution in [3.63, 3.8) is 0 Å². The number of aryl methyl sites for hydroxylation is 2. The van der Waals surface area contributed by atoms with E-state index < -0.39 is 0 Å². The van der Waals surface area contributed by atoms with Gasteiger partial charge >= 0.3 is 0 Å². The van der Waals surface area contributed by atoms with Crippen LogP contribution in [0.15, 0.2) is 42.5 Å². The molecule has 0 amide bonds. The van der Waals surface area contributed by atoms with Crippen LogP contribution in [0.2, 0.25) is 0 Å². The standard InChI is InChI=1S/C18H22FN/c1-12-9-13(2)11-16(10-12)14(3)20-15(4)17-7-5-6-8-18(17)19/h5-11,14-15,20H,1-4H3. The first-order valence-corrected chi connectivity index (χ1v) is 7.06. The second kappa shape index (κ2) is 6.19.